The molecule has 1 aliphatic rings. The van der Waals surface area contributed by atoms with Gasteiger partial charge in [-0.1, -0.05) is 6.07 Å². The monoisotopic (exact) mass is 385 g/mol. The van der Waals surface area contributed by atoms with Crippen molar-refractivity contribution in [3.8, 4) is 0 Å². The lowest BCUT2D eigenvalue weighted by atomic mass is 10.1. The summed E-state index contributed by atoms with van der Waals surface area (Å²) >= 11 is 0. The number of sulfonamides is 1. The predicted molar refractivity (Wildman–Crippen MR) is 104 cm³/mol. The Morgan fingerprint density at radius 2 is 1.93 bits per heavy atom. The standard InChI is InChI=1S/C19H19N3O4S/c1-13-20-16-5-4-6-17(18(16)26-13)21-19(23)14-7-9-15(10-8-14)22-11-2-3-12-27(22,24)25/h4-10H,2-3,11-12H2,1H3,(H,21,23). The van der Waals surface area contributed by atoms with Gasteiger partial charge in [0, 0.05) is 19.0 Å². The highest BCUT2D eigenvalue weighted by Gasteiger charge is 2.26. The first-order chi connectivity index (χ1) is 12.9. The van der Waals surface area contributed by atoms with Crippen LogP contribution in [0.2, 0.25) is 0 Å². The number of aromatic nitrogens is 1. The van der Waals surface area contributed by atoms with E-state index in [0.717, 1.165) is 6.42 Å². The Bertz CT molecular complexity index is 1100. The van der Waals surface area contributed by atoms with Crippen LogP contribution >= 0.6 is 0 Å². The molecule has 0 spiro atoms. The van der Waals surface area contributed by atoms with E-state index in [2.05, 4.69) is 10.3 Å². The maximum Gasteiger partial charge on any atom is 0.255 e. The van der Waals surface area contributed by atoms with E-state index in [1.165, 1.54) is 4.31 Å². The fourth-order valence-electron chi connectivity index (χ4n) is 3.21. The Hall–Kier alpha value is -2.87. The van der Waals surface area contributed by atoms with E-state index in [1.807, 2.05) is 6.07 Å². The predicted octanol–water partition coefficient (Wildman–Crippen LogP) is 3.32. The number of amides is 1. The van der Waals surface area contributed by atoms with Gasteiger partial charge in [0.15, 0.2) is 11.5 Å². The van der Waals surface area contributed by atoms with Crippen LogP contribution in [0.3, 0.4) is 0 Å². The minimum atomic E-state index is -3.27. The van der Waals surface area contributed by atoms with Crippen molar-refractivity contribution < 1.29 is 17.6 Å². The molecule has 1 amide bonds. The van der Waals surface area contributed by atoms with Crippen molar-refractivity contribution in [2.75, 3.05) is 21.9 Å². The van der Waals surface area contributed by atoms with Crippen LogP contribution in [-0.4, -0.2) is 31.6 Å². The Morgan fingerprint density at radius 1 is 1.15 bits per heavy atom. The zero-order chi connectivity index (χ0) is 19.0. The molecule has 1 aliphatic heterocycles. The number of nitrogens with zero attached hydrogens (tertiary/aromatic N) is 2. The molecule has 0 atom stereocenters. The highest BCUT2D eigenvalue weighted by Crippen LogP contribution is 2.26. The molecule has 8 heteroatoms. The van der Waals surface area contributed by atoms with E-state index in [-0.39, 0.29) is 11.7 Å². The summed E-state index contributed by atoms with van der Waals surface area (Å²) in [6.45, 7) is 2.22. The quantitative estimate of drug-likeness (QED) is 0.747. The van der Waals surface area contributed by atoms with Gasteiger partial charge in [0.25, 0.3) is 5.91 Å². The average Bonchev–Trinajstić information content (AvgIpc) is 3.03. The summed E-state index contributed by atoms with van der Waals surface area (Å²) in [5.41, 5.74) is 2.76. The first kappa shape index (κ1) is 17.5. The van der Waals surface area contributed by atoms with Crippen LogP contribution in [0.4, 0.5) is 11.4 Å². The number of fused-ring (bicyclic) bond motifs is 1. The number of benzene rings is 2. The van der Waals surface area contributed by atoms with Crippen molar-refractivity contribution in [1.29, 1.82) is 0 Å². The first-order valence-electron chi connectivity index (χ1n) is 8.72. The molecule has 2 aromatic carbocycles. The molecule has 0 aliphatic carbocycles. The minimum Gasteiger partial charge on any atom is -0.439 e. The van der Waals surface area contributed by atoms with Crippen LogP contribution in [0.15, 0.2) is 46.9 Å². The lowest BCUT2D eigenvalue weighted by Gasteiger charge is -2.28. The Labute approximate surface area is 157 Å². The van der Waals surface area contributed by atoms with Crippen LogP contribution in [0.1, 0.15) is 29.1 Å². The number of para-hydroxylation sites is 1. The van der Waals surface area contributed by atoms with Gasteiger partial charge in [-0.05, 0) is 49.2 Å². The SMILES string of the molecule is Cc1nc2cccc(NC(=O)c3ccc(N4CCCCS4(=O)=O)cc3)c2o1. The minimum absolute atomic E-state index is 0.163. The summed E-state index contributed by atoms with van der Waals surface area (Å²) in [6.07, 6.45) is 1.52. The summed E-state index contributed by atoms with van der Waals surface area (Å²) in [5.74, 6) is 0.388. The van der Waals surface area contributed by atoms with Crippen LogP contribution in [0.5, 0.6) is 0 Å². The number of carbonyl (C=O) groups is 1. The van der Waals surface area contributed by atoms with Crippen molar-refractivity contribution in [1.82, 2.24) is 4.98 Å². The molecule has 1 saturated heterocycles. The van der Waals surface area contributed by atoms with Crippen molar-refractivity contribution >= 4 is 38.4 Å². The van der Waals surface area contributed by atoms with Gasteiger partial charge >= 0.3 is 0 Å². The molecule has 7 nitrogen and oxygen atoms in total. The molecule has 27 heavy (non-hydrogen) atoms. The van der Waals surface area contributed by atoms with Gasteiger partial charge in [-0.25, -0.2) is 13.4 Å². The zero-order valence-corrected chi connectivity index (χ0v) is 15.6. The molecule has 2 heterocycles. The summed E-state index contributed by atoms with van der Waals surface area (Å²) in [6, 6.07) is 11.9. The molecule has 1 aromatic heterocycles. The normalized spacial score (nSPS) is 16.4. The molecular weight excluding hydrogens is 366 g/mol. The van der Waals surface area contributed by atoms with Crippen molar-refractivity contribution in [3.05, 3.63) is 53.9 Å². The van der Waals surface area contributed by atoms with E-state index < -0.39 is 10.0 Å². The van der Waals surface area contributed by atoms with Crippen LogP contribution in [-0.2, 0) is 10.0 Å². The maximum atomic E-state index is 12.6. The number of rotatable bonds is 3. The van der Waals surface area contributed by atoms with Crippen molar-refractivity contribution in [3.63, 3.8) is 0 Å². The van der Waals surface area contributed by atoms with E-state index in [4.69, 9.17) is 4.42 Å². The number of hydrogen-bond acceptors (Lipinski definition) is 5. The van der Waals surface area contributed by atoms with Gasteiger partial charge in [0.2, 0.25) is 10.0 Å². The van der Waals surface area contributed by atoms with Crippen LogP contribution in [0, 0.1) is 6.92 Å². The highest BCUT2D eigenvalue weighted by molar-refractivity contribution is 7.92. The number of hydrogen-bond donors (Lipinski definition) is 1. The number of aryl methyl sites for hydroxylation is 1. The molecule has 1 fully saturated rings. The van der Waals surface area contributed by atoms with E-state index >= 15 is 0 Å². The zero-order valence-electron chi connectivity index (χ0n) is 14.8. The lowest BCUT2D eigenvalue weighted by Crippen LogP contribution is -2.37. The Kier molecular flexibility index (Phi) is 4.35. The van der Waals surface area contributed by atoms with Crippen molar-refractivity contribution in [2.24, 2.45) is 0 Å². The van der Waals surface area contributed by atoms with Gasteiger partial charge < -0.3 is 9.73 Å². The fraction of sp³-hybridized carbons (Fsp3) is 0.263. The van der Waals surface area contributed by atoms with Gasteiger partial charge in [-0.15, -0.1) is 0 Å². The van der Waals surface area contributed by atoms with Gasteiger partial charge in [0.05, 0.1) is 17.1 Å². The third kappa shape index (κ3) is 3.40. The number of oxazole rings is 1. The third-order valence-corrected chi connectivity index (χ3v) is 6.41. The Morgan fingerprint density at radius 3 is 2.67 bits per heavy atom. The Balaban J connectivity index is 1.56. The molecule has 0 bridgehead atoms. The second-order valence-corrected chi connectivity index (χ2v) is 8.50. The molecule has 3 aromatic rings. The van der Waals surface area contributed by atoms with Gasteiger partial charge in [-0.2, -0.15) is 0 Å². The summed E-state index contributed by atoms with van der Waals surface area (Å²) < 4.78 is 31.4. The second kappa shape index (κ2) is 6.70. The lowest BCUT2D eigenvalue weighted by molar-refractivity contribution is 0.102. The third-order valence-electron chi connectivity index (χ3n) is 4.54. The summed E-state index contributed by atoms with van der Waals surface area (Å²) in [5, 5.41) is 2.83. The van der Waals surface area contributed by atoms with Crippen LogP contribution in [0.25, 0.3) is 11.1 Å². The summed E-state index contributed by atoms with van der Waals surface area (Å²) in [4.78, 5) is 16.8. The van der Waals surface area contributed by atoms with Gasteiger partial charge in [-0.3, -0.25) is 9.10 Å². The molecule has 1 N–H and O–H groups in total. The number of carbonyl (C=O) groups excluding carboxylic acids is 1. The van der Waals surface area contributed by atoms with Gasteiger partial charge in [0.1, 0.15) is 5.52 Å². The van der Waals surface area contributed by atoms with E-state index in [9.17, 15) is 13.2 Å². The largest absolute Gasteiger partial charge is 0.439 e. The summed E-state index contributed by atoms with van der Waals surface area (Å²) in [7, 11) is -3.27. The topological polar surface area (TPSA) is 92.5 Å². The molecule has 0 saturated carbocycles. The molecule has 4 rings (SSSR count). The smallest absolute Gasteiger partial charge is 0.255 e. The van der Waals surface area contributed by atoms with E-state index in [1.54, 1.807) is 43.3 Å². The van der Waals surface area contributed by atoms with Crippen molar-refractivity contribution in [2.45, 2.75) is 19.8 Å². The molecule has 0 unspecified atom stereocenters. The number of nitrogens with one attached hydrogen (secondary N) is 1. The fourth-order valence-corrected chi connectivity index (χ4v) is 4.85. The van der Waals surface area contributed by atoms with E-state index in [0.29, 0.717) is 46.9 Å². The first-order valence-corrected chi connectivity index (χ1v) is 10.3. The van der Waals surface area contributed by atoms with Crippen LogP contribution < -0.4 is 9.62 Å². The second-order valence-electron chi connectivity index (χ2n) is 6.48. The maximum absolute atomic E-state index is 12.6. The molecule has 140 valence electrons. The number of anilines is 2. The highest BCUT2D eigenvalue weighted by atomic mass is 32.2. The average molecular weight is 385 g/mol. The molecule has 0 radical (unpaired) electrons. The molecular formula is C19H19N3O4S.